The Bertz CT molecular complexity index is 595. The van der Waals surface area contributed by atoms with Crippen LogP contribution in [0.3, 0.4) is 0 Å². The number of hydrogen-bond donors (Lipinski definition) is 1. The third kappa shape index (κ3) is 6.59. The molecule has 1 fully saturated rings. The molecule has 2 rings (SSSR count). The highest BCUT2D eigenvalue weighted by atomic mass is 16.5. The second-order valence-corrected chi connectivity index (χ2v) is 6.49. The van der Waals surface area contributed by atoms with Gasteiger partial charge in [0.1, 0.15) is 0 Å². The van der Waals surface area contributed by atoms with Gasteiger partial charge in [-0.25, -0.2) is 0 Å². The first-order valence-electron chi connectivity index (χ1n) is 9.53. The van der Waals surface area contributed by atoms with E-state index < -0.39 is 0 Å². The number of nitrogens with one attached hydrogen (secondary N) is 1. The van der Waals surface area contributed by atoms with Gasteiger partial charge in [0.15, 0.2) is 17.5 Å². The van der Waals surface area contributed by atoms with Crippen molar-refractivity contribution in [3.05, 3.63) is 23.8 Å². The Morgan fingerprint density at radius 3 is 2.81 bits per heavy atom. The molecule has 152 valence electrons. The minimum absolute atomic E-state index is 0.533. The molecule has 1 N–H and O–H groups in total. The van der Waals surface area contributed by atoms with Crippen LogP contribution in [-0.2, 0) is 16.0 Å². The van der Waals surface area contributed by atoms with E-state index in [2.05, 4.69) is 15.2 Å². The van der Waals surface area contributed by atoms with E-state index in [9.17, 15) is 0 Å². The van der Waals surface area contributed by atoms with Crippen molar-refractivity contribution in [1.29, 1.82) is 0 Å². The summed E-state index contributed by atoms with van der Waals surface area (Å²) in [6.45, 7) is 7.28. The quantitative estimate of drug-likeness (QED) is 0.382. The molecule has 1 aliphatic rings. The molecule has 0 spiro atoms. The number of rotatable bonds is 10. The number of benzene rings is 1. The average molecular weight is 380 g/mol. The Hall–Kier alpha value is -1.99. The summed E-state index contributed by atoms with van der Waals surface area (Å²) in [6, 6.07) is 6.00. The molecule has 7 nitrogen and oxygen atoms in total. The van der Waals surface area contributed by atoms with E-state index in [0.717, 1.165) is 49.1 Å². The first-order chi connectivity index (χ1) is 13.2. The lowest BCUT2D eigenvalue weighted by Gasteiger charge is -2.22. The van der Waals surface area contributed by atoms with Crippen molar-refractivity contribution in [3.8, 4) is 11.5 Å². The van der Waals surface area contributed by atoms with Crippen molar-refractivity contribution in [2.75, 3.05) is 60.8 Å². The Kier molecular flexibility index (Phi) is 9.21. The highest BCUT2D eigenvalue weighted by molar-refractivity contribution is 5.80. The summed E-state index contributed by atoms with van der Waals surface area (Å²) in [6.07, 6.45) is 1.12. The molecule has 1 heterocycles. The minimum Gasteiger partial charge on any atom is -0.493 e. The summed E-state index contributed by atoms with van der Waals surface area (Å²) in [7, 11) is 5.17. The van der Waals surface area contributed by atoms with E-state index >= 15 is 0 Å². The number of methoxy groups -OCH3 is 2. The number of hydrogen-bond acceptors (Lipinski definition) is 5. The number of guanidine groups is 1. The molecule has 1 atom stereocenters. The maximum atomic E-state index is 5.67. The third-order valence-electron chi connectivity index (χ3n) is 4.56. The van der Waals surface area contributed by atoms with E-state index in [1.165, 1.54) is 0 Å². The maximum absolute atomic E-state index is 5.67. The largest absolute Gasteiger partial charge is 0.493 e. The lowest BCUT2D eigenvalue weighted by Crippen LogP contribution is -2.39. The van der Waals surface area contributed by atoms with Gasteiger partial charge in [0.25, 0.3) is 0 Å². The zero-order valence-corrected chi connectivity index (χ0v) is 17.0. The van der Waals surface area contributed by atoms with Crippen molar-refractivity contribution >= 4 is 5.96 Å². The SMILES string of the molecule is CCOc1ccc(CNC(=NC)N2CCC(COCCOC)C2)cc1OC. The summed E-state index contributed by atoms with van der Waals surface area (Å²) in [5.41, 5.74) is 1.12. The Morgan fingerprint density at radius 1 is 1.26 bits per heavy atom. The van der Waals surface area contributed by atoms with Gasteiger partial charge in [-0.3, -0.25) is 4.99 Å². The first-order valence-corrected chi connectivity index (χ1v) is 9.53. The standard InChI is InChI=1S/C20H33N3O4/c1-5-27-18-7-6-16(12-19(18)25-4)13-22-20(21-2)23-9-8-17(14-23)15-26-11-10-24-3/h6-7,12,17H,5,8-11,13-15H2,1-4H3,(H,21,22). The number of likely N-dealkylation sites (tertiary alicyclic amines) is 1. The van der Waals surface area contributed by atoms with Crippen molar-refractivity contribution in [3.63, 3.8) is 0 Å². The second-order valence-electron chi connectivity index (χ2n) is 6.49. The average Bonchev–Trinajstić information content (AvgIpc) is 3.15. The zero-order valence-electron chi connectivity index (χ0n) is 17.0. The van der Waals surface area contributed by atoms with Gasteiger partial charge in [0, 0.05) is 39.7 Å². The summed E-state index contributed by atoms with van der Waals surface area (Å²) in [4.78, 5) is 6.72. The molecule has 0 bridgehead atoms. The van der Waals surface area contributed by atoms with Crippen molar-refractivity contribution in [2.45, 2.75) is 19.9 Å². The summed E-state index contributed by atoms with van der Waals surface area (Å²) in [5, 5.41) is 3.45. The van der Waals surface area contributed by atoms with Gasteiger partial charge in [0.05, 0.1) is 33.5 Å². The van der Waals surface area contributed by atoms with Crippen LogP contribution in [0.2, 0.25) is 0 Å². The third-order valence-corrected chi connectivity index (χ3v) is 4.56. The molecular formula is C20H33N3O4. The molecule has 0 aliphatic carbocycles. The van der Waals surface area contributed by atoms with Gasteiger partial charge in [0.2, 0.25) is 0 Å². The Morgan fingerprint density at radius 2 is 2.11 bits per heavy atom. The monoisotopic (exact) mass is 379 g/mol. The summed E-state index contributed by atoms with van der Waals surface area (Å²) in [5.74, 6) is 2.97. The van der Waals surface area contributed by atoms with E-state index in [0.29, 0.717) is 32.3 Å². The van der Waals surface area contributed by atoms with Gasteiger partial charge >= 0.3 is 0 Å². The molecule has 0 aromatic heterocycles. The maximum Gasteiger partial charge on any atom is 0.193 e. The minimum atomic E-state index is 0.533. The second kappa shape index (κ2) is 11.7. The summed E-state index contributed by atoms with van der Waals surface area (Å²) >= 11 is 0. The molecule has 1 aromatic carbocycles. The van der Waals surface area contributed by atoms with Gasteiger partial charge in [-0.1, -0.05) is 6.07 Å². The van der Waals surface area contributed by atoms with Crippen LogP contribution in [0.15, 0.2) is 23.2 Å². The van der Waals surface area contributed by atoms with Crippen LogP contribution >= 0.6 is 0 Å². The molecule has 27 heavy (non-hydrogen) atoms. The van der Waals surface area contributed by atoms with Crippen LogP contribution in [0.1, 0.15) is 18.9 Å². The van der Waals surface area contributed by atoms with Gasteiger partial charge in [-0.15, -0.1) is 0 Å². The molecule has 7 heteroatoms. The normalized spacial score (nSPS) is 17.3. The smallest absolute Gasteiger partial charge is 0.193 e. The molecule has 0 saturated carbocycles. The van der Waals surface area contributed by atoms with Crippen LogP contribution in [0.5, 0.6) is 11.5 Å². The predicted molar refractivity (Wildman–Crippen MR) is 107 cm³/mol. The van der Waals surface area contributed by atoms with E-state index in [4.69, 9.17) is 18.9 Å². The van der Waals surface area contributed by atoms with Gasteiger partial charge < -0.3 is 29.2 Å². The molecule has 0 radical (unpaired) electrons. The van der Waals surface area contributed by atoms with Crippen LogP contribution in [0.4, 0.5) is 0 Å². The van der Waals surface area contributed by atoms with Crippen molar-refractivity contribution in [1.82, 2.24) is 10.2 Å². The highest BCUT2D eigenvalue weighted by Gasteiger charge is 2.24. The van der Waals surface area contributed by atoms with Gasteiger partial charge in [-0.2, -0.15) is 0 Å². The van der Waals surface area contributed by atoms with Crippen LogP contribution in [-0.4, -0.2) is 71.6 Å². The number of nitrogens with zero attached hydrogens (tertiary/aromatic N) is 2. The van der Waals surface area contributed by atoms with E-state index in [1.54, 1.807) is 14.2 Å². The summed E-state index contributed by atoms with van der Waals surface area (Å²) < 4.78 is 21.7. The predicted octanol–water partition coefficient (Wildman–Crippen LogP) is 2.15. The van der Waals surface area contributed by atoms with Crippen molar-refractivity contribution < 1.29 is 18.9 Å². The van der Waals surface area contributed by atoms with Crippen LogP contribution in [0.25, 0.3) is 0 Å². The fourth-order valence-corrected chi connectivity index (χ4v) is 3.16. The van der Waals surface area contributed by atoms with Crippen LogP contribution in [0, 0.1) is 5.92 Å². The Labute approximate surface area is 162 Å². The molecule has 1 unspecified atom stereocenters. The number of ether oxygens (including phenoxy) is 4. The fraction of sp³-hybridized carbons (Fsp3) is 0.650. The topological polar surface area (TPSA) is 64.6 Å². The van der Waals surface area contributed by atoms with E-state index in [-0.39, 0.29) is 0 Å². The lowest BCUT2D eigenvalue weighted by molar-refractivity contribution is 0.0536. The van der Waals surface area contributed by atoms with Gasteiger partial charge in [-0.05, 0) is 31.0 Å². The van der Waals surface area contributed by atoms with Crippen molar-refractivity contribution in [2.24, 2.45) is 10.9 Å². The molecule has 0 amide bonds. The number of aliphatic imine (C=N–C) groups is 1. The molecule has 1 saturated heterocycles. The fourth-order valence-electron chi connectivity index (χ4n) is 3.16. The van der Waals surface area contributed by atoms with Crippen LogP contribution < -0.4 is 14.8 Å². The Balaban J connectivity index is 1.84. The highest BCUT2D eigenvalue weighted by Crippen LogP contribution is 2.28. The first kappa shape index (κ1) is 21.3. The molecule has 1 aliphatic heterocycles. The molecular weight excluding hydrogens is 346 g/mol. The molecule has 1 aromatic rings. The zero-order chi connectivity index (χ0) is 19.5. The van der Waals surface area contributed by atoms with E-state index in [1.807, 2.05) is 32.2 Å². The lowest BCUT2D eigenvalue weighted by atomic mass is 10.1.